The van der Waals surface area contributed by atoms with Crippen LogP contribution in [0.2, 0.25) is 0 Å². The maximum Gasteiger partial charge on any atom is 0.361 e. The third-order valence-electron chi connectivity index (χ3n) is 4.30. The van der Waals surface area contributed by atoms with E-state index in [2.05, 4.69) is 5.16 Å². The van der Waals surface area contributed by atoms with Crippen LogP contribution in [0.15, 0.2) is 28.8 Å². The van der Waals surface area contributed by atoms with E-state index in [1.807, 2.05) is 6.07 Å². The smallest absolute Gasteiger partial charge is 0.361 e. The number of likely N-dealkylation sites (tertiary alicyclic amines) is 1. The second-order valence-electron chi connectivity index (χ2n) is 6.00. The Morgan fingerprint density at radius 1 is 1.23 bits per heavy atom. The highest BCUT2D eigenvalue weighted by Gasteiger charge is 2.31. The van der Waals surface area contributed by atoms with Crippen molar-refractivity contribution in [1.82, 2.24) is 10.1 Å². The van der Waals surface area contributed by atoms with Gasteiger partial charge in [0.05, 0.1) is 23.8 Å². The maximum atomic E-state index is 12.9. The molecule has 3 rings (SSSR count). The number of carbonyl (C=O) groups is 2. The topological polar surface area (TPSA) is 96.4 Å². The van der Waals surface area contributed by atoms with Gasteiger partial charge in [0.1, 0.15) is 0 Å². The second kappa shape index (κ2) is 7.83. The lowest BCUT2D eigenvalue weighted by Gasteiger charge is -2.25. The second-order valence-corrected chi connectivity index (χ2v) is 6.00. The Kier molecular flexibility index (Phi) is 5.32. The minimum absolute atomic E-state index is 0.0275. The standard InChI is InChI=1S/C19H19N3O4/c1-2-25-19(24)16-15(14-8-6-13(12-20)7-9-14)17(26-21-16)18(23)22-10-4-3-5-11-22/h6-9H,2-5,10-11H2,1H3. The van der Waals surface area contributed by atoms with E-state index in [-0.39, 0.29) is 24.0 Å². The molecule has 1 aliphatic heterocycles. The van der Waals surface area contributed by atoms with Gasteiger partial charge >= 0.3 is 5.97 Å². The molecule has 1 aliphatic rings. The summed E-state index contributed by atoms with van der Waals surface area (Å²) >= 11 is 0. The quantitative estimate of drug-likeness (QED) is 0.784. The van der Waals surface area contributed by atoms with Crippen LogP contribution in [0.4, 0.5) is 0 Å². The Labute approximate surface area is 151 Å². The van der Waals surface area contributed by atoms with Gasteiger partial charge in [-0.3, -0.25) is 4.79 Å². The minimum Gasteiger partial charge on any atom is -0.461 e. The van der Waals surface area contributed by atoms with E-state index in [9.17, 15) is 9.59 Å². The highest BCUT2D eigenvalue weighted by molar-refractivity contribution is 6.05. The molecule has 1 aromatic carbocycles. The van der Waals surface area contributed by atoms with E-state index in [0.717, 1.165) is 19.3 Å². The van der Waals surface area contributed by atoms with Crippen LogP contribution in [-0.2, 0) is 4.74 Å². The first-order valence-electron chi connectivity index (χ1n) is 8.62. The molecule has 0 spiro atoms. The van der Waals surface area contributed by atoms with Crippen LogP contribution in [0.25, 0.3) is 11.1 Å². The Morgan fingerprint density at radius 3 is 2.54 bits per heavy atom. The molecular formula is C19H19N3O4. The van der Waals surface area contributed by atoms with Crippen molar-refractivity contribution in [1.29, 1.82) is 5.26 Å². The number of piperidine rings is 1. The van der Waals surface area contributed by atoms with Crippen molar-refractivity contribution in [3.63, 3.8) is 0 Å². The lowest BCUT2D eigenvalue weighted by atomic mass is 10.0. The molecule has 0 aliphatic carbocycles. The maximum absolute atomic E-state index is 12.9. The third kappa shape index (κ3) is 3.45. The first-order valence-corrected chi connectivity index (χ1v) is 8.62. The zero-order chi connectivity index (χ0) is 18.5. The Morgan fingerprint density at radius 2 is 1.92 bits per heavy atom. The summed E-state index contributed by atoms with van der Waals surface area (Å²) in [6.07, 6.45) is 2.98. The van der Waals surface area contributed by atoms with Gasteiger partial charge in [-0.25, -0.2) is 4.79 Å². The lowest BCUT2D eigenvalue weighted by Crippen LogP contribution is -2.35. The first kappa shape index (κ1) is 17.7. The number of benzene rings is 1. The first-order chi connectivity index (χ1) is 12.7. The van der Waals surface area contributed by atoms with Gasteiger partial charge in [0.2, 0.25) is 5.76 Å². The summed E-state index contributed by atoms with van der Waals surface area (Å²) in [6.45, 7) is 3.19. The van der Waals surface area contributed by atoms with Gasteiger partial charge < -0.3 is 14.2 Å². The SMILES string of the molecule is CCOC(=O)c1noc(C(=O)N2CCCCC2)c1-c1ccc(C#N)cc1. The number of nitriles is 1. The highest BCUT2D eigenvalue weighted by atomic mass is 16.5. The van der Waals surface area contributed by atoms with E-state index < -0.39 is 5.97 Å². The molecule has 1 saturated heterocycles. The zero-order valence-corrected chi connectivity index (χ0v) is 14.5. The molecule has 0 radical (unpaired) electrons. The van der Waals surface area contributed by atoms with Crippen LogP contribution in [0, 0.1) is 11.3 Å². The fourth-order valence-corrected chi connectivity index (χ4v) is 2.99. The van der Waals surface area contributed by atoms with Gasteiger partial charge in [0.15, 0.2) is 5.69 Å². The fourth-order valence-electron chi connectivity index (χ4n) is 2.99. The van der Waals surface area contributed by atoms with Gasteiger partial charge in [-0.05, 0) is 43.9 Å². The summed E-state index contributed by atoms with van der Waals surface area (Å²) in [4.78, 5) is 26.9. The molecule has 2 heterocycles. The van der Waals surface area contributed by atoms with Crippen LogP contribution in [0.1, 0.15) is 52.8 Å². The van der Waals surface area contributed by atoms with Gasteiger partial charge in [-0.1, -0.05) is 17.3 Å². The van der Waals surface area contributed by atoms with Gasteiger partial charge in [-0.2, -0.15) is 5.26 Å². The molecule has 2 aromatic rings. The summed E-state index contributed by atoms with van der Waals surface area (Å²) in [5.41, 5.74) is 1.33. The van der Waals surface area contributed by atoms with Crippen molar-refractivity contribution >= 4 is 11.9 Å². The molecule has 0 bridgehead atoms. The van der Waals surface area contributed by atoms with Crippen molar-refractivity contribution in [3.05, 3.63) is 41.3 Å². The molecule has 7 heteroatoms. The summed E-state index contributed by atoms with van der Waals surface area (Å²) < 4.78 is 10.3. The summed E-state index contributed by atoms with van der Waals surface area (Å²) in [6, 6.07) is 8.61. The monoisotopic (exact) mass is 353 g/mol. The van der Waals surface area contributed by atoms with Crippen LogP contribution in [0.3, 0.4) is 0 Å². The van der Waals surface area contributed by atoms with E-state index in [4.69, 9.17) is 14.5 Å². The summed E-state index contributed by atoms with van der Waals surface area (Å²) in [5.74, 6) is -0.903. The largest absolute Gasteiger partial charge is 0.461 e. The predicted octanol–water partition coefficient (Wildman–Crippen LogP) is 3.02. The van der Waals surface area contributed by atoms with E-state index in [1.165, 1.54) is 0 Å². The number of nitrogens with zero attached hydrogens (tertiary/aromatic N) is 3. The molecule has 0 N–H and O–H groups in total. The average molecular weight is 353 g/mol. The molecule has 0 unspecified atom stereocenters. The molecule has 134 valence electrons. The van der Waals surface area contributed by atoms with Crippen molar-refractivity contribution in [2.75, 3.05) is 19.7 Å². The number of esters is 1. The van der Waals surface area contributed by atoms with Gasteiger partial charge in [-0.15, -0.1) is 0 Å². The van der Waals surface area contributed by atoms with Gasteiger partial charge in [0, 0.05) is 13.1 Å². The number of hydrogen-bond donors (Lipinski definition) is 0. The summed E-state index contributed by atoms with van der Waals surface area (Å²) in [5, 5.41) is 12.8. The van der Waals surface area contributed by atoms with E-state index in [0.29, 0.717) is 29.8 Å². The molecule has 0 atom stereocenters. The number of rotatable bonds is 4. The Bertz CT molecular complexity index is 843. The van der Waals surface area contributed by atoms with Crippen LogP contribution < -0.4 is 0 Å². The van der Waals surface area contributed by atoms with Crippen molar-refractivity contribution in [2.45, 2.75) is 26.2 Å². The molecular weight excluding hydrogens is 334 g/mol. The number of ether oxygens (including phenoxy) is 1. The van der Waals surface area contributed by atoms with E-state index in [1.54, 1.807) is 36.1 Å². The van der Waals surface area contributed by atoms with Gasteiger partial charge in [0.25, 0.3) is 5.91 Å². The number of aromatic nitrogens is 1. The molecule has 26 heavy (non-hydrogen) atoms. The number of amides is 1. The Hall–Kier alpha value is -3.14. The molecule has 1 fully saturated rings. The molecule has 0 saturated carbocycles. The van der Waals surface area contributed by atoms with Crippen molar-refractivity contribution in [2.24, 2.45) is 0 Å². The van der Waals surface area contributed by atoms with E-state index >= 15 is 0 Å². The Balaban J connectivity index is 2.04. The molecule has 1 aromatic heterocycles. The zero-order valence-electron chi connectivity index (χ0n) is 14.5. The predicted molar refractivity (Wildman–Crippen MR) is 92.4 cm³/mol. The normalized spacial score (nSPS) is 13.9. The average Bonchev–Trinajstić information content (AvgIpc) is 3.13. The number of carbonyl (C=O) groups excluding carboxylic acids is 2. The summed E-state index contributed by atoms with van der Waals surface area (Å²) in [7, 11) is 0. The van der Waals surface area contributed by atoms with Crippen LogP contribution in [0.5, 0.6) is 0 Å². The lowest BCUT2D eigenvalue weighted by molar-refractivity contribution is 0.0513. The number of hydrogen-bond acceptors (Lipinski definition) is 6. The van der Waals surface area contributed by atoms with Crippen molar-refractivity contribution in [3.8, 4) is 17.2 Å². The van der Waals surface area contributed by atoms with Crippen LogP contribution in [-0.4, -0.2) is 41.6 Å². The van der Waals surface area contributed by atoms with Crippen molar-refractivity contribution < 1.29 is 18.8 Å². The third-order valence-corrected chi connectivity index (χ3v) is 4.30. The minimum atomic E-state index is -0.645. The molecule has 7 nitrogen and oxygen atoms in total. The fraction of sp³-hybridized carbons (Fsp3) is 0.368. The highest BCUT2D eigenvalue weighted by Crippen LogP contribution is 2.30. The molecule has 1 amide bonds. The van der Waals surface area contributed by atoms with Crippen LogP contribution >= 0.6 is 0 Å².